The van der Waals surface area contributed by atoms with Crippen molar-refractivity contribution in [3.63, 3.8) is 0 Å². The molecule has 1 fully saturated rings. The smallest absolute Gasteiger partial charge is 0.150 e. The molecule has 2 rings (SSSR count). The van der Waals surface area contributed by atoms with Crippen molar-refractivity contribution in [3.8, 4) is 0 Å². The molecule has 5 heteroatoms. The third-order valence-electron chi connectivity index (χ3n) is 4.07. The van der Waals surface area contributed by atoms with E-state index in [1.807, 2.05) is 11.7 Å². The van der Waals surface area contributed by atoms with E-state index in [1.54, 1.807) is 7.11 Å². The fourth-order valence-electron chi connectivity index (χ4n) is 2.71. The van der Waals surface area contributed by atoms with Crippen LogP contribution in [0.1, 0.15) is 32.4 Å². The highest BCUT2D eigenvalue weighted by Crippen LogP contribution is 2.38. The van der Waals surface area contributed by atoms with E-state index in [1.165, 1.54) is 12.8 Å². The molecular formula is C14H26N4O. The van der Waals surface area contributed by atoms with Gasteiger partial charge in [0.25, 0.3) is 0 Å². The molecule has 1 aliphatic rings. The maximum atomic E-state index is 6.28. The molecule has 0 aliphatic heterocycles. The van der Waals surface area contributed by atoms with E-state index in [4.69, 9.17) is 10.5 Å². The number of rotatable bonds is 7. The zero-order valence-corrected chi connectivity index (χ0v) is 12.5. The topological polar surface area (TPSA) is 56.3 Å². The number of nitrogens with zero attached hydrogens (tertiary/aromatic N) is 3. The van der Waals surface area contributed by atoms with Crippen LogP contribution in [0.4, 0.5) is 11.5 Å². The van der Waals surface area contributed by atoms with E-state index in [9.17, 15) is 0 Å². The molecule has 0 saturated heterocycles. The third kappa shape index (κ3) is 2.86. The van der Waals surface area contributed by atoms with Crippen LogP contribution in [-0.4, -0.2) is 36.1 Å². The Labute approximate surface area is 115 Å². The highest BCUT2D eigenvalue weighted by atomic mass is 16.5. The minimum absolute atomic E-state index is 0.498. The molecule has 0 spiro atoms. The summed E-state index contributed by atoms with van der Waals surface area (Å²) < 4.78 is 7.16. The summed E-state index contributed by atoms with van der Waals surface area (Å²) in [5, 5.41) is 4.53. The molecule has 1 heterocycles. The van der Waals surface area contributed by atoms with Crippen LogP contribution in [0.3, 0.4) is 0 Å². The molecule has 1 unspecified atom stereocenters. The minimum atomic E-state index is 0.498. The van der Waals surface area contributed by atoms with Crippen molar-refractivity contribution in [2.45, 2.75) is 39.2 Å². The quantitative estimate of drug-likeness (QED) is 0.818. The van der Waals surface area contributed by atoms with Gasteiger partial charge >= 0.3 is 0 Å². The van der Waals surface area contributed by atoms with Gasteiger partial charge < -0.3 is 15.4 Å². The highest BCUT2D eigenvalue weighted by Gasteiger charge is 2.34. The lowest BCUT2D eigenvalue weighted by Crippen LogP contribution is -2.39. The van der Waals surface area contributed by atoms with Gasteiger partial charge in [-0.1, -0.05) is 6.92 Å². The van der Waals surface area contributed by atoms with Crippen LogP contribution in [0.5, 0.6) is 0 Å². The second-order valence-corrected chi connectivity index (χ2v) is 5.43. The van der Waals surface area contributed by atoms with Gasteiger partial charge in [0.2, 0.25) is 0 Å². The summed E-state index contributed by atoms with van der Waals surface area (Å²) in [6.07, 6.45) is 3.52. The van der Waals surface area contributed by atoms with Gasteiger partial charge in [-0.2, -0.15) is 5.10 Å². The Bertz CT molecular complexity index is 425. The molecule has 19 heavy (non-hydrogen) atoms. The maximum absolute atomic E-state index is 6.28. The fourth-order valence-corrected chi connectivity index (χ4v) is 2.71. The van der Waals surface area contributed by atoms with Crippen LogP contribution in [0, 0.1) is 5.92 Å². The lowest BCUT2D eigenvalue weighted by Gasteiger charge is -2.31. The summed E-state index contributed by atoms with van der Waals surface area (Å²) in [4.78, 5) is 2.36. The number of ether oxygens (including phenoxy) is 1. The first-order valence-electron chi connectivity index (χ1n) is 7.17. The first-order chi connectivity index (χ1) is 9.10. The summed E-state index contributed by atoms with van der Waals surface area (Å²) in [7, 11) is 3.72. The Kier molecular flexibility index (Phi) is 4.34. The molecule has 0 amide bonds. The Balaban J connectivity index is 2.28. The van der Waals surface area contributed by atoms with Gasteiger partial charge in [0.15, 0.2) is 5.82 Å². The second-order valence-electron chi connectivity index (χ2n) is 5.43. The molecule has 1 atom stereocenters. The molecule has 0 radical (unpaired) electrons. The van der Waals surface area contributed by atoms with Gasteiger partial charge in [0.1, 0.15) is 0 Å². The van der Waals surface area contributed by atoms with Gasteiger partial charge in [0, 0.05) is 26.7 Å². The summed E-state index contributed by atoms with van der Waals surface area (Å²) in [6.45, 7) is 5.95. The Morgan fingerprint density at radius 1 is 1.53 bits per heavy atom. The normalized spacial score (nSPS) is 16.6. The number of aromatic nitrogens is 2. The lowest BCUT2D eigenvalue weighted by atomic mass is 10.1. The average molecular weight is 266 g/mol. The Morgan fingerprint density at radius 2 is 2.21 bits per heavy atom. The summed E-state index contributed by atoms with van der Waals surface area (Å²) in [5.74, 6) is 1.84. The van der Waals surface area contributed by atoms with E-state index in [-0.39, 0.29) is 0 Å². The van der Waals surface area contributed by atoms with Crippen LogP contribution in [0.15, 0.2) is 0 Å². The van der Waals surface area contributed by atoms with Crippen LogP contribution in [0.25, 0.3) is 0 Å². The van der Waals surface area contributed by atoms with Crippen molar-refractivity contribution >= 4 is 11.5 Å². The van der Waals surface area contributed by atoms with Crippen molar-refractivity contribution in [3.05, 3.63) is 5.69 Å². The molecule has 0 aromatic carbocycles. The Morgan fingerprint density at radius 3 is 2.68 bits per heavy atom. The SMILES string of the molecule is CCc1nn(C)c(N(CCOC)C(C)C2CC2)c1N. The van der Waals surface area contributed by atoms with Gasteiger partial charge in [-0.3, -0.25) is 4.68 Å². The van der Waals surface area contributed by atoms with Crippen molar-refractivity contribution in [2.75, 3.05) is 30.9 Å². The van der Waals surface area contributed by atoms with Gasteiger partial charge in [0.05, 0.1) is 18.0 Å². The predicted octanol–water partition coefficient (Wildman–Crippen LogP) is 1.82. The fraction of sp³-hybridized carbons (Fsp3) is 0.786. The zero-order valence-electron chi connectivity index (χ0n) is 12.5. The van der Waals surface area contributed by atoms with E-state index in [0.717, 1.165) is 36.1 Å². The number of methoxy groups -OCH3 is 1. The number of anilines is 2. The monoisotopic (exact) mass is 266 g/mol. The van der Waals surface area contributed by atoms with Crippen molar-refractivity contribution in [1.29, 1.82) is 0 Å². The average Bonchev–Trinajstić information content (AvgIpc) is 3.19. The molecule has 2 N–H and O–H groups in total. The molecule has 1 aliphatic carbocycles. The van der Waals surface area contributed by atoms with Crippen LogP contribution in [0.2, 0.25) is 0 Å². The highest BCUT2D eigenvalue weighted by molar-refractivity contribution is 5.67. The molecular weight excluding hydrogens is 240 g/mol. The number of hydrogen-bond acceptors (Lipinski definition) is 4. The van der Waals surface area contributed by atoms with Crippen LogP contribution < -0.4 is 10.6 Å². The van der Waals surface area contributed by atoms with E-state index in [0.29, 0.717) is 12.6 Å². The molecule has 1 aromatic rings. The van der Waals surface area contributed by atoms with Gasteiger partial charge in [-0.05, 0) is 32.1 Å². The van der Waals surface area contributed by atoms with Gasteiger partial charge in [-0.25, -0.2) is 0 Å². The van der Waals surface area contributed by atoms with Gasteiger partial charge in [-0.15, -0.1) is 0 Å². The van der Waals surface area contributed by atoms with E-state index >= 15 is 0 Å². The van der Waals surface area contributed by atoms with Crippen molar-refractivity contribution in [1.82, 2.24) is 9.78 Å². The molecule has 108 valence electrons. The molecule has 1 aromatic heterocycles. The summed E-state index contributed by atoms with van der Waals surface area (Å²) >= 11 is 0. The van der Waals surface area contributed by atoms with Crippen LogP contribution >= 0.6 is 0 Å². The molecule has 5 nitrogen and oxygen atoms in total. The van der Waals surface area contributed by atoms with E-state index in [2.05, 4.69) is 23.8 Å². The third-order valence-corrected chi connectivity index (χ3v) is 4.07. The number of hydrogen-bond donors (Lipinski definition) is 1. The molecule has 0 bridgehead atoms. The second kappa shape index (κ2) is 5.82. The lowest BCUT2D eigenvalue weighted by molar-refractivity contribution is 0.202. The van der Waals surface area contributed by atoms with Crippen molar-refractivity contribution < 1.29 is 4.74 Å². The first kappa shape index (κ1) is 14.2. The summed E-state index contributed by atoms with van der Waals surface area (Å²) in [5.41, 5.74) is 8.10. The number of nitrogens with two attached hydrogens (primary N) is 1. The van der Waals surface area contributed by atoms with E-state index < -0.39 is 0 Å². The predicted molar refractivity (Wildman–Crippen MR) is 78.4 cm³/mol. The first-order valence-corrected chi connectivity index (χ1v) is 7.17. The number of nitrogen functional groups attached to an aromatic ring is 1. The Hall–Kier alpha value is -1.23. The zero-order chi connectivity index (χ0) is 14.0. The largest absolute Gasteiger partial charge is 0.394 e. The standard InChI is InChI=1S/C14H26N4O/c1-5-12-13(15)14(17(3)16-12)18(8-9-19-4)10(2)11-6-7-11/h10-11H,5-9,15H2,1-4H3. The van der Waals surface area contributed by atoms with Crippen LogP contribution in [-0.2, 0) is 18.2 Å². The molecule has 1 saturated carbocycles. The number of aryl methyl sites for hydroxylation is 2. The summed E-state index contributed by atoms with van der Waals surface area (Å²) in [6, 6.07) is 0.498. The minimum Gasteiger partial charge on any atom is -0.394 e. The van der Waals surface area contributed by atoms with Crippen molar-refractivity contribution in [2.24, 2.45) is 13.0 Å². The maximum Gasteiger partial charge on any atom is 0.150 e.